The Labute approximate surface area is 177 Å². The molecule has 2 aromatic rings. The van der Waals surface area contributed by atoms with Gasteiger partial charge >= 0.3 is 5.97 Å². The number of carbonyl (C=O) groups is 1. The molecule has 0 radical (unpaired) electrons. The largest absolute Gasteiger partial charge is 0.496 e. The molecule has 0 spiro atoms. The summed E-state index contributed by atoms with van der Waals surface area (Å²) in [4.78, 5) is 16.6. The summed E-state index contributed by atoms with van der Waals surface area (Å²) in [6, 6.07) is 13.2. The average molecular weight is 412 g/mol. The lowest BCUT2D eigenvalue weighted by Crippen LogP contribution is -2.36. The smallest absolute Gasteiger partial charge is 0.341 e. The van der Waals surface area contributed by atoms with Crippen LogP contribution in [-0.2, 0) is 17.8 Å². The van der Waals surface area contributed by atoms with Crippen LogP contribution in [0.5, 0.6) is 11.5 Å². The number of esters is 1. The number of nitrogens with one attached hydrogen (secondary N) is 2. The number of rotatable bonds is 10. The van der Waals surface area contributed by atoms with E-state index in [0.29, 0.717) is 37.0 Å². The Kier molecular flexibility index (Phi) is 9.24. The van der Waals surface area contributed by atoms with Crippen LogP contribution in [0.4, 0.5) is 0 Å². The second-order valence-electron chi connectivity index (χ2n) is 6.28. The number of nitrogens with zero attached hydrogens (tertiary/aromatic N) is 1. The Hall–Kier alpha value is -3.48. The maximum atomic E-state index is 12.0. The van der Waals surface area contributed by atoms with Crippen molar-refractivity contribution in [2.75, 3.05) is 27.4 Å². The molecule has 0 aliphatic rings. The fourth-order valence-electron chi connectivity index (χ4n) is 2.75. The minimum Gasteiger partial charge on any atom is -0.496 e. The number of methoxy groups -OCH3 is 2. The van der Waals surface area contributed by atoms with Crippen LogP contribution in [0, 0.1) is 0 Å². The summed E-state index contributed by atoms with van der Waals surface area (Å²) in [6.07, 6.45) is 1.72. The molecular formula is C23H29N3O4. The highest BCUT2D eigenvalue weighted by Crippen LogP contribution is 2.21. The summed E-state index contributed by atoms with van der Waals surface area (Å²) in [7, 11) is 2.86. The minimum absolute atomic E-state index is 0.374. The summed E-state index contributed by atoms with van der Waals surface area (Å²) < 4.78 is 15.8. The minimum atomic E-state index is -0.446. The van der Waals surface area contributed by atoms with Gasteiger partial charge in [0.2, 0.25) is 0 Å². The zero-order chi connectivity index (χ0) is 21.8. The molecule has 2 rings (SSSR count). The van der Waals surface area contributed by atoms with Gasteiger partial charge in [0.1, 0.15) is 23.7 Å². The van der Waals surface area contributed by atoms with Gasteiger partial charge in [-0.2, -0.15) is 0 Å². The van der Waals surface area contributed by atoms with Crippen molar-refractivity contribution in [2.45, 2.75) is 20.0 Å². The highest BCUT2D eigenvalue weighted by molar-refractivity contribution is 5.92. The van der Waals surface area contributed by atoms with Gasteiger partial charge in [-0.3, -0.25) is 0 Å². The van der Waals surface area contributed by atoms with Gasteiger partial charge in [0.05, 0.1) is 20.8 Å². The number of carbonyl (C=O) groups excluding carboxylic acids is 1. The molecule has 0 saturated carbocycles. The van der Waals surface area contributed by atoms with E-state index in [0.717, 1.165) is 23.4 Å². The van der Waals surface area contributed by atoms with Crippen LogP contribution in [0.1, 0.15) is 28.4 Å². The Morgan fingerprint density at radius 3 is 2.63 bits per heavy atom. The van der Waals surface area contributed by atoms with E-state index in [4.69, 9.17) is 14.2 Å². The van der Waals surface area contributed by atoms with E-state index >= 15 is 0 Å². The maximum Gasteiger partial charge on any atom is 0.341 e. The van der Waals surface area contributed by atoms with Crippen LogP contribution in [0.2, 0.25) is 0 Å². The van der Waals surface area contributed by atoms with Gasteiger partial charge < -0.3 is 24.8 Å². The van der Waals surface area contributed by atoms with Crippen molar-refractivity contribution >= 4 is 11.9 Å². The standard InChI is InChI=1S/C23H29N3O4/c1-5-13-30-20-10-8-7-9-18(20)16-26-23(24-6-2)25-15-17-11-12-21(28-3)19(14-17)22(27)29-4/h5,7-12,14H,1,6,13,15-16H2,2-4H3,(H2,24,25,26). The Balaban J connectivity index is 2.12. The number of benzene rings is 2. The Bertz CT molecular complexity index is 881. The van der Waals surface area contributed by atoms with E-state index in [1.807, 2.05) is 37.3 Å². The van der Waals surface area contributed by atoms with Crippen molar-refractivity contribution in [2.24, 2.45) is 4.99 Å². The van der Waals surface area contributed by atoms with Gasteiger partial charge in [-0.15, -0.1) is 0 Å². The molecule has 0 atom stereocenters. The molecule has 7 nitrogen and oxygen atoms in total. The number of aliphatic imine (C=N–C) groups is 1. The molecule has 0 saturated heterocycles. The second-order valence-corrected chi connectivity index (χ2v) is 6.28. The summed E-state index contributed by atoms with van der Waals surface area (Å²) >= 11 is 0. The third kappa shape index (κ3) is 6.55. The highest BCUT2D eigenvalue weighted by atomic mass is 16.5. The first kappa shape index (κ1) is 22.8. The Morgan fingerprint density at radius 1 is 1.13 bits per heavy atom. The fourth-order valence-corrected chi connectivity index (χ4v) is 2.75. The molecule has 2 aromatic carbocycles. The van der Waals surface area contributed by atoms with Crippen LogP contribution in [0.15, 0.2) is 60.1 Å². The highest BCUT2D eigenvalue weighted by Gasteiger charge is 2.13. The van der Waals surface area contributed by atoms with Gasteiger partial charge in [0.15, 0.2) is 5.96 Å². The summed E-state index contributed by atoms with van der Waals surface area (Å²) in [5.41, 5.74) is 2.25. The van der Waals surface area contributed by atoms with Gasteiger partial charge in [-0.1, -0.05) is 36.9 Å². The zero-order valence-corrected chi connectivity index (χ0v) is 17.7. The van der Waals surface area contributed by atoms with Gasteiger partial charge in [-0.05, 0) is 30.7 Å². The van der Waals surface area contributed by atoms with Gasteiger partial charge in [0, 0.05) is 18.7 Å². The lowest BCUT2D eigenvalue weighted by atomic mass is 10.1. The third-order valence-electron chi connectivity index (χ3n) is 4.21. The van der Waals surface area contributed by atoms with Crippen LogP contribution in [0.25, 0.3) is 0 Å². The molecule has 7 heteroatoms. The predicted octanol–water partition coefficient (Wildman–Crippen LogP) is 3.30. The number of ether oxygens (including phenoxy) is 3. The van der Waals surface area contributed by atoms with Crippen molar-refractivity contribution in [1.82, 2.24) is 10.6 Å². The van der Waals surface area contributed by atoms with Gasteiger partial charge in [-0.25, -0.2) is 9.79 Å². The first-order chi connectivity index (χ1) is 14.6. The topological polar surface area (TPSA) is 81.2 Å². The SMILES string of the molecule is C=CCOc1ccccc1CNC(=NCc1ccc(OC)c(C(=O)OC)c1)NCC. The molecule has 0 aliphatic heterocycles. The van der Waals surface area contributed by atoms with Crippen molar-refractivity contribution in [3.05, 3.63) is 71.8 Å². The molecule has 160 valence electrons. The number of guanidine groups is 1. The van der Waals surface area contributed by atoms with E-state index < -0.39 is 5.97 Å². The van der Waals surface area contributed by atoms with Crippen molar-refractivity contribution in [1.29, 1.82) is 0 Å². The zero-order valence-electron chi connectivity index (χ0n) is 17.7. The van der Waals surface area contributed by atoms with Crippen molar-refractivity contribution < 1.29 is 19.0 Å². The van der Waals surface area contributed by atoms with Gasteiger partial charge in [0.25, 0.3) is 0 Å². The lowest BCUT2D eigenvalue weighted by molar-refractivity contribution is 0.0597. The molecule has 0 amide bonds. The predicted molar refractivity (Wildman–Crippen MR) is 118 cm³/mol. The second kappa shape index (κ2) is 12.2. The molecule has 0 aliphatic carbocycles. The number of para-hydroxylation sites is 1. The van der Waals surface area contributed by atoms with Crippen LogP contribution in [-0.4, -0.2) is 39.3 Å². The monoisotopic (exact) mass is 411 g/mol. The van der Waals surface area contributed by atoms with E-state index in [2.05, 4.69) is 22.2 Å². The Morgan fingerprint density at radius 2 is 1.93 bits per heavy atom. The maximum absolute atomic E-state index is 12.0. The summed E-state index contributed by atoms with van der Waals surface area (Å²) in [5, 5.41) is 6.53. The quantitative estimate of drug-likeness (QED) is 0.270. The summed E-state index contributed by atoms with van der Waals surface area (Å²) in [6.45, 7) is 7.79. The number of hydrogen-bond acceptors (Lipinski definition) is 5. The molecule has 0 unspecified atom stereocenters. The average Bonchev–Trinajstić information content (AvgIpc) is 2.79. The molecule has 30 heavy (non-hydrogen) atoms. The first-order valence-electron chi connectivity index (χ1n) is 9.71. The molecule has 0 aromatic heterocycles. The normalized spacial score (nSPS) is 10.8. The van der Waals surface area contributed by atoms with Crippen LogP contribution < -0.4 is 20.1 Å². The molecular weight excluding hydrogens is 382 g/mol. The third-order valence-corrected chi connectivity index (χ3v) is 4.21. The first-order valence-corrected chi connectivity index (χ1v) is 9.71. The van der Waals surface area contributed by atoms with Crippen molar-refractivity contribution in [3.8, 4) is 11.5 Å². The fraction of sp³-hybridized carbons (Fsp3) is 0.304. The van der Waals surface area contributed by atoms with E-state index in [1.54, 1.807) is 18.2 Å². The molecule has 0 bridgehead atoms. The van der Waals surface area contributed by atoms with E-state index in [9.17, 15) is 4.79 Å². The molecule has 2 N–H and O–H groups in total. The molecule has 0 heterocycles. The summed E-state index contributed by atoms with van der Waals surface area (Å²) in [5.74, 6) is 1.49. The van der Waals surface area contributed by atoms with E-state index in [-0.39, 0.29) is 0 Å². The number of hydrogen-bond donors (Lipinski definition) is 2. The van der Waals surface area contributed by atoms with Crippen LogP contribution >= 0.6 is 0 Å². The molecule has 0 fully saturated rings. The van der Waals surface area contributed by atoms with Crippen molar-refractivity contribution in [3.63, 3.8) is 0 Å². The van der Waals surface area contributed by atoms with E-state index in [1.165, 1.54) is 14.2 Å². The lowest BCUT2D eigenvalue weighted by Gasteiger charge is -2.14. The van der Waals surface area contributed by atoms with Crippen LogP contribution in [0.3, 0.4) is 0 Å².